The lowest BCUT2D eigenvalue weighted by Gasteiger charge is -2.29. The van der Waals surface area contributed by atoms with Gasteiger partial charge in [0.15, 0.2) is 6.23 Å². The van der Waals surface area contributed by atoms with Crippen LogP contribution in [0.1, 0.15) is 24.8 Å². The lowest BCUT2D eigenvalue weighted by atomic mass is 9.88. The molecular formula is C18H18F2N4O4. The largest absolute Gasteiger partial charge is 0.386 e. The quantitative estimate of drug-likeness (QED) is 0.524. The Bertz CT molecular complexity index is 1020. The molecule has 8 nitrogen and oxygen atoms in total. The van der Waals surface area contributed by atoms with Crippen molar-refractivity contribution < 1.29 is 28.8 Å². The fraction of sp³-hybridized carbons (Fsp3) is 0.333. The number of rotatable bonds is 3. The molecule has 10 heteroatoms. The predicted molar refractivity (Wildman–Crippen MR) is 93.8 cm³/mol. The number of nitrogen functional groups attached to an aromatic ring is 1. The Morgan fingerprint density at radius 2 is 1.93 bits per heavy atom. The minimum atomic E-state index is -1.93. The van der Waals surface area contributed by atoms with Gasteiger partial charge in [0.1, 0.15) is 53.3 Å². The minimum Gasteiger partial charge on any atom is -0.386 e. The standard InChI is InChI=1S/C18H18F2N4O4/c1-18(27)13(26)17(24-3-2-11-15(21)22-7-23-16(11)24)28-14(18)12(25)8-4-9(19)6-10(20)5-8/h2-7,12-14,17,25-27H,1H3,(H2,21,22,23)/t12-,13+,14-,17-,18+/m1/s1. The zero-order chi connectivity index (χ0) is 20.2. The molecular weight excluding hydrogens is 374 g/mol. The van der Waals surface area contributed by atoms with Gasteiger partial charge in [-0.25, -0.2) is 18.7 Å². The number of aliphatic hydroxyl groups excluding tert-OH is 2. The SMILES string of the molecule is C[C@@]1(O)[C@@H]([C@H](O)c2cc(F)cc(F)c2)O[C@@H](n2ccc3c(N)ncnc32)[C@@H]1O. The Morgan fingerprint density at radius 3 is 2.61 bits per heavy atom. The van der Waals surface area contributed by atoms with Gasteiger partial charge in [0, 0.05) is 12.3 Å². The molecule has 4 rings (SSSR count). The summed E-state index contributed by atoms with van der Waals surface area (Å²) in [7, 11) is 0. The molecule has 5 N–H and O–H groups in total. The van der Waals surface area contributed by atoms with Crippen molar-refractivity contribution in [3.63, 3.8) is 0 Å². The highest BCUT2D eigenvalue weighted by atomic mass is 19.1. The number of anilines is 1. The number of nitrogens with two attached hydrogens (primary N) is 1. The van der Waals surface area contributed by atoms with E-state index in [4.69, 9.17) is 10.5 Å². The molecule has 0 saturated carbocycles. The number of hydrogen-bond donors (Lipinski definition) is 4. The first-order valence-corrected chi connectivity index (χ1v) is 8.47. The summed E-state index contributed by atoms with van der Waals surface area (Å²) in [5.74, 6) is -1.53. The number of halogens is 2. The highest BCUT2D eigenvalue weighted by molar-refractivity contribution is 5.86. The van der Waals surface area contributed by atoms with E-state index in [2.05, 4.69) is 9.97 Å². The van der Waals surface area contributed by atoms with Gasteiger partial charge in [0.2, 0.25) is 0 Å². The summed E-state index contributed by atoms with van der Waals surface area (Å²) in [4.78, 5) is 8.00. The molecule has 5 atom stereocenters. The van der Waals surface area contributed by atoms with Gasteiger partial charge in [-0.1, -0.05) is 0 Å². The second kappa shape index (κ2) is 6.45. The van der Waals surface area contributed by atoms with E-state index in [1.54, 1.807) is 12.3 Å². The third-order valence-electron chi connectivity index (χ3n) is 5.06. The molecule has 1 saturated heterocycles. The van der Waals surface area contributed by atoms with Crippen molar-refractivity contribution in [1.29, 1.82) is 0 Å². The fourth-order valence-electron chi connectivity index (χ4n) is 3.55. The molecule has 148 valence electrons. The third-order valence-corrected chi connectivity index (χ3v) is 5.06. The minimum absolute atomic E-state index is 0.125. The first-order chi connectivity index (χ1) is 13.2. The molecule has 1 fully saturated rings. The average molecular weight is 392 g/mol. The van der Waals surface area contributed by atoms with Crippen LogP contribution < -0.4 is 5.73 Å². The normalized spacial score (nSPS) is 28.7. The first kappa shape index (κ1) is 18.7. The number of aromatic nitrogens is 3. The molecule has 0 spiro atoms. The predicted octanol–water partition coefficient (Wildman–Crippen LogP) is 1.03. The summed E-state index contributed by atoms with van der Waals surface area (Å²) in [6.45, 7) is 1.27. The Balaban J connectivity index is 1.72. The van der Waals surface area contributed by atoms with Crippen molar-refractivity contribution in [2.24, 2.45) is 0 Å². The molecule has 2 aromatic heterocycles. The van der Waals surface area contributed by atoms with Crippen molar-refractivity contribution >= 4 is 16.9 Å². The molecule has 3 aromatic rings. The third kappa shape index (κ3) is 2.81. The van der Waals surface area contributed by atoms with Crippen LogP contribution in [0.25, 0.3) is 11.0 Å². The molecule has 0 radical (unpaired) electrons. The van der Waals surface area contributed by atoms with Gasteiger partial charge in [-0.15, -0.1) is 0 Å². The molecule has 28 heavy (non-hydrogen) atoms. The van der Waals surface area contributed by atoms with Crippen molar-refractivity contribution in [3.8, 4) is 0 Å². The van der Waals surface area contributed by atoms with Crippen LogP contribution in [0.5, 0.6) is 0 Å². The summed E-state index contributed by atoms with van der Waals surface area (Å²) in [6, 6.07) is 4.16. The molecule has 0 bridgehead atoms. The molecule has 3 heterocycles. The van der Waals surface area contributed by atoms with Crippen LogP contribution in [0, 0.1) is 11.6 Å². The molecule has 0 unspecified atom stereocenters. The lowest BCUT2D eigenvalue weighted by molar-refractivity contribution is -0.115. The second-order valence-electron chi connectivity index (χ2n) is 6.98. The van der Waals surface area contributed by atoms with E-state index in [1.807, 2.05) is 0 Å². The van der Waals surface area contributed by atoms with Gasteiger partial charge >= 0.3 is 0 Å². The van der Waals surface area contributed by atoms with Crippen LogP contribution in [-0.2, 0) is 4.74 Å². The summed E-state index contributed by atoms with van der Waals surface area (Å²) in [5, 5.41) is 32.6. The average Bonchev–Trinajstić information content (AvgIpc) is 3.14. The molecule has 1 aliphatic heterocycles. The van der Waals surface area contributed by atoms with Crippen molar-refractivity contribution in [2.45, 2.75) is 37.1 Å². The van der Waals surface area contributed by atoms with Gasteiger partial charge < -0.3 is 30.4 Å². The van der Waals surface area contributed by atoms with Gasteiger partial charge in [-0.05, 0) is 30.7 Å². The van der Waals surface area contributed by atoms with Crippen LogP contribution in [0.15, 0.2) is 36.8 Å². The number of ether oxygens (including phenoxy) is 1. The molecule has 1 aromatic carbocycles. The van der Waals surface area contributed by atoms with Crippen LogP contribution >= 0.6 is 0 Å². The summed E-state index contributed by atoms with van der Waals surface area (Å²) in [6.07, 6.45) is -2.77. The maximum absolute atomic E-state index is 13.5. The summed E-state index contributed by atoms with van der Waals surface area (Å²) >= 11 is 0. The number of aliphatic hydroxyl groups is 3. The number of nitrogens with zero attached hydrogens (tertiary/aromatic N) is 3. The zero-order valence-electron chi connectivity index (χ0n) is 14.7. The van der Waals surface area contributed by atoms with Crippen LogP contribution in [0.3, 0.4) is 0 Å². The van der Waals surface area contributed by atoms with E-state index >= 15 is 0 Å². The topological polar surface area (TPSA) is 127 Å². The van der Waals surface area contributed by atoms with Crippen LogP contribution in [-0.4, -0.2) is 47.7 Å². The van der Waals surface area contributed by atoms with E-state index in [0.29, 0.717) is 17.1 Å². The van der Waals surface area contributed by atoms with Crippen LogP contribution in [0.4, 0.5) is 14.6 Å². The van der Waals surface area contributed by atoms with Gasteiger partial charge in [-0.2, -0.15) is 0 Å². The molecule has 0 aliphatic carbocycles. The van der Waals surface area contributed by atoms with E-state index in [1.165, 1.54) is 17.8 Å². The number of benzene rings is 1. The van der Waals surface area contributed by atoms with Crippen molar-refractivity contribution in [2.75, 3.05) is 5.73 Å². The Morgan fingerprint density at radius 1 is 1.25 bits per heavy atom. The van der Waals surface area contributed by atoms with E-state index < -0.39 is 41.8 Å². The van der Waals surface area contributed by atoms with Gasteiger partial charge in [0.05, 0.1) is 5.39 Å². The lowest BCUT2D eigenvalue weighted by Crippen LogP contribution is -2.47. The highest BCUT2D eigenvalue weighted by Crippen LogP contribution is 2.43. The van der Waals surface area contributed by atoms with E-state index in [-0.39, 0.29) is 11.4 Å². The first-order valence-electron chi connectivity index (χ1n) is 8.47. The Kier molecular flexibility index (Phi) is 4.31. The van der Waals surface area contributed by atoms with Crippen LogP contribution in [0.2, 0.25) is 0 Å². The van der Waals surface area contributed by atoms with Gasteiger partial charge in [0.25, 0.3) is 0 Å². The smallest absolute Gasteiger partial charge is 0.164 e. The monoisotopic (exact) mass is 392 g/mol. The van der Waals surface area contributed by atoms with Crippen molar-refractivity contribution in [3.05, 3.63) is 54.0 Å². The molecule has 0 amide bonds. The zero-order valence-corrected chi connectivity index (χ0v) is 14.7. The maximum atomic E-state index is 13.5. The second-order valence-corrected chi connectivity index (χ2v) is 6.98. The number of fused-ring (bicyclic) bond motifs is 1. The summed E-state index contributed by atoms with van der Waals surface area (Å²) < 4.78 is 34.2. The Hall–Kier alpha value is -2.66. The van der Waals surface area contributed by atoms with E-state index in [0.717, 1.165) is 12.1 Å². The van der Waals surface area contributed by atoms with E-state index in [9.17, 15) is 24.1 Å². The number of hydrogen-bond acceptors (Lipinski definition) is 7. The van der Waals surface area contributed by atoms with Crippen molar-refractivity contribution in [1.82, 2.24) is 14.5 Å². The fourth-order valence-corrected chi connectivity index (χ4v) is 3.55. The van der Waals surface area contributed by atoms with Gasteiger partial charge in [-0.3, -0.25) is 0 Å². The Labute approximate surface area is 157 Å². The maximum Gasteiger partial charge on any atom is 0.164 e. The molecule has 1 aliphatic rings. The highest BCUT2D eigenvalue weighted by Gasteiger charge is 2.56. The summed E-state index contributed by atoms with van der Waals surface area (Å²) in [5.41, 5.74) is 4.11.